The minimum absolute atomic E-state index is 0.0540. The largest absolute Gasteiger partial charge is 0.493 e. The molecule has 4 heteroatoms. The van der Waals surface area contributed by atoms with Crippen molar-refractivity contribution in [3.8, 4) is 11.5 Å². The van der Waals surface area contributed by atoms with Crippen LogP contribution in [0.25, 0.3) is 0 Å². The van der Waals surface area contributed by atoms with Crippen molar-refractivity contribution in [2.45, 2.75) is 19.4 Å². The van der Waals surface area contributed by atoms with Crippen LogP contribution in [0.15, 0.2) is 72.8 Å². The maximum absolute atomic E-state index is 12.8. The van der Waals surface area contributed by atoms with Gasteiger partial charge in [0.2, 0.25) is 5.91 Å². The van der Waals surface area contributed by atoms with Crippen molar-refractivity contribution in [2.24, 2.45) is 0 Å². The SMILES string of the molecule is COc1ccc(CC(=O)NC(c2ccccc2)c2ccc(C)cc2)cc1OC. The van der Waals surface area contributed by atoms with E-state index >= 15 is 0 Å². The van der Waals surface area contributed by atoms with Crippen molar-refractivity contribution in [1.82, 2.24) is 5.32 Å². The average molecular weight is 375 g/mol. The van der Waals surface area contributed by atoms with E-state index in [0.29, 0.717) is 11.5 Å². The van der Waals surface area contributed by atoms with Gasteiger partial charge >= 0.3 is 0 Å². The summed E-state index contributed by atoms with van der Waals surface area (Å²) in [5, 5.41) is 3.17. The van der Waals surface area contributed by atoms with Crippen molar-refractivity contribution in [3.05, 3.63) is 95.1 Å². The van der Waals surface area contributed by atoms with Gasteiger partial charge in [-0.05, 0) is 35.7 Å². The van der Waals surface area contributed by atoms with Gasteiger partial charge in [-0.1, -0.05) is 66.2 Å². The number of carbonyl (C=O) groups excluding carboxylic acids is 1. The molecule has 0 aliphatic heterocycles. The van der Waals surface area contributed by atoms with E-state index in [1.807, 2.05) is 48.5 Å². The van der Waals surface area contributed by atoms with Crippen LogP contribution >= 0.6 is 0 Å². The summed E-state index contributed by atoms with van der Waals surface area (Å²) in [5.74, 6) is 1.21. The van der Waals surface area contributed by atoms with Gasteiger partial charge in [0, 0.05) is 0 Å². The van der Waals surface area contributed by atoms with Crippen LogP contribution in [0.1, 0.15) is 28.3 Å². The first kappa shape index (κ1) is 19.5. The average Bonchev–Trinajstić information content (AvgIpc) is 2.73. The number of amides is 1. The summed E-state index contributed by atoms with van der Waals surface area (Å²) in [7, 11) is 3.18. The predicted molar refractivity (Wildman–Crippen MR) is 111 cm³/mol. The molecule has 0 aliphatic carbocycles. The van der Waals surface area contributed by atoms with Crippen LogP contribution in [0, 0.1) is 6.92 Å². The minimum atomic E-state index is -0.200. The van der Waals surface area contributed by atoms with E-state index in [1.165, 1.54) is 5.56 Å². The number of benzene rings is 3. The highest BCUT2D eigenvalue weighted by molar-refractivity contribution is 5.79. The predicted octanol–water partition coefficient (Wildman–Crippen LogP) is 4.46. The van der Waals surface area contributed by atoms with Gasteiger partial charge in [-0.15, -0.1) is 0 Å². The van der Waals surface area contributed by atoms with E-state index < -0.39 is 0 Å². The maximum atomic E-state index is 12.8. The Morgan fingerprint density at radius 2 is 1.50 bits per heavy atom. The number of hydrogen-bond acceptors (Lipinski definition) is 3. The third-order valence-electron chi connectivity index (χ3n) is 4.66. The molecular formula is C24H25NO3. The molecule has 1 N–H and O–H groups in total. The second-order valence-electron chi connectivity index (χ2n) is 6.69. The Hall–Kier alpha value is -3.27. The highest BCUT2D eigenvalue weighted by Gasteiger charge is 2.17. The van der Waals surface area contributed by atoms with Crippen LogP contribution in [-0.2, 0) is 11.2 Å². The summed E-state index contributed by atoms with van der Waals surface area (Å²) >= 11 is 0. The molecule has 3 aromatic rings. The number of carbonyl (C=O) groups is 1. The van der Waals surface area contributed by atoms with E-state index in [1.54, 1.807) is 14.2 Å². The lowest BCUT2D eigenvalue weighted by molar-refractivity contribution is -0.120. The Kier molecular flexibility index (Phi) is 6.33. The Labute approximate surface area is 166 Å². The molecule has 0 spiro atoms. The Morgan fingerprint density at radius 3 is 2.14 bits per heavy atom. The molecule has 1 amide bonds. The van der Waals surface area contributed by atoms with Gasteiger partial charge in [0.15, 0.2) is 11.5 Å². The second-order valence-corrected chi connectivity index (χ2v) is 6.69. The number of aryl methyl sites for hydroxylation is 1. The zero-order chi connectivity index (χ0) is 19.9. The normalized spacial score (nSPS) is 11.5. The van der Waals surface area contributed by atoms with Crippen LogP contribution in [0.3, 0.4) is 0 Å². The molecule has 0 radical (unpaired) electrons. The number of rotatable bonds is 7. The van der Waals surface area contributed by atoms with Crippen LogP contribution in [-0.4, -0.2) is 20.1 Å². The quantitative estimate of drug-likeness (QED) is 0.663. The van der Waals surface area contributed by atoms with E-state index in [-0.39, 0.29) is 18.4 Å². The molecule has 3 aromatic carbocycles. The first-order valence-corrected chi connectivity index (χ1v) is 9.22. The van der Waals surface area contributed by atoms with E-state index in [2.05, 4.69) is 36.5 Å². The maximum Gasteiger partial charge on any atom is 0.225 e. The number of methoxy groups -OCH3 is 2. The van der Waals surface area contributed by atoms with Crippen molar-refractivity contribution in [1.29, 1.82) is 0 Å². The monoisotopic (exact) mass is 375 g/mol. The highest BCUT2D eigenvalue weighted by Crippen LogP contribution is 2.28. The lowest BCUT2D eigenvalue weighted by Crippen LogP contribution is -2.30. The molecule has 4 nitrogen and oxygen atoms in total. The fourth-order valence-electron chi connectivity index (χ4n) is 3.15. The smallest absolute Gasteiger partial charge is 0.225 e. The summed E-state index contributed by atoms with van der Waals surface area (Å²) in [6.45, 7) is 2.05. The van der Waals surface area contributed by atoms with Crippen LogP contribution in [0.4, 0.5) is 0 Å². The van der Waals surface area contributed by atoms with Crippen LogP contribution < -0.4 is 14.8 Å². The van der Waals surface area contributed by atoms with E-state index in [4.69, 9.17) is 9.47 Å². The summed E-state index contributed by atoms with van der Waals surface area (Å²) in [4.78, 5) is 12.8. The molecule has 0 heterocycles. The zero-order valence-electron chi connectivity index (χ0n) is 16.4. The lowest BCUT2D eigenvalue weighted by Gasteiger charge is -2.20. The molecule has 0 saturated carbocycles. The molecule has 0 aromatic heterocycles. The summed E-state index contributed by atoms with van der Waals surface area (Å²) in [6, 6.07) is 23.6. The molecule has 1 atom stereocenters. The van der Waals surface area contributed by atoms with E-state index in [0.717, 1.165) is 16.7 Å². The molecule has 28 heavy (non-hydrogen) atoms. The van der Waals surface area contributed by atoms with Crippen LogP contribution in [0.5, 0.6) is 11.5 Å². The molecule has 3 rings (SSSR count). The first-order valence-electron chi connectivity index (χ1n) is 9.22. The summed E-state index contributed by atoms with van der Waals surface area (Å²) in [6.07, 6.45) is 0.259. The second kappa shape index (κ2) is 9.09. The molecule has 1 unspecified atom stereocenters. The molecule has 144 valence electrons. The Morgan fingerprint density at radius 1 is 0.857 bits per heavy atom. The number of hydrogen-bond donors (Lipinski definition) is 1. The Balaban J connectivity index is 1.81. The molecule has 0 aliphatic rings. The van der Waals surface area contributed by atoms with Gasteiger partial charge in [-0.25, -0.2) is 0 Å². The number of ether oxygens (including phenoxy) is 2. The molecule has 0 fully saturated rings. The third-order valence-corrected chi connectivity index (χ3v) is 4.66. The molecule has 0 bridgehead atoms. The van der Waals surface area contributed by atoms with Crippen molar-refractivity contribution >= 4 is 5.91 Å². The fraction of sp³-hybridized carbons (Fsp3) is 0.208. The molecule has 0 saturated heterocycles. The van der Waals surface area contributed by atoms with Gasteiger partial charge in [0.1, 0.15) is 0 Å². The van der Waals surface area contributed by atoms with E-state index in [9.17, 15) is 4.79 Å². The van der Waals surface area contributed by atoms with Gasteiger partial charge in [0.25, 0.3) is 0 Å². The van der Waals surface area contributed by atoms with Crippen molar-refractivity contribution < 1.29 is 14.3 Å². The fourth-order valence-corrected chi connectivity index (χ4v) is 3.15. The number of nitrogens with one attached hydrogen (secondary N) is 1. The first-order chi connectivity index (χ1) is 13.6. The summed E-state index contributed by atoms with van der Waals surface area (Å²) in [5.41, 5.74) is 4.16. The standard InChI is InChI=1S/C24H25NO3/c1-17-9-12-20(13-10-17)24(19-7-5-4-6-8-19)25-23(26)16-18-11-14-21(27-2)22(15-18)28-3/h4-15,24H,16H2,1-3H3,(H,25,26). The van der Waals surface area contributed by atoms with Gasteiger partial charge in [-0.3, -0.25) is 4.79 Å². The van der Waals surface area contributed by atoms with Gasteiger partial charge in [0.05, 0.1) is 26.7 Å². The van der Waals surface area contributed by atoms with Crippen LogP contribution in [0.2, 0.25) is 0 Å². The Bertz CT molecular complexity index is 920. The minimum Gasteiger partial charge on any atom is -0.493 e. The van der Waals surface area contributed by atoms with Gasteiger partial charge in [-0.2, -0.15) is 0 Å². The highest BCUT2D eigenvalue weighted by atomic mass is 16.5. The van der Waals surface area contributed by atoms with Gasteiger partial charge < -0.3 is 14.8 Å². The van der Waals surface area contributed by atoms with Crippen molar-refractivity contribution in [2.75, 3.05) is 14.2 Å². The topological polar surface area (TPSA) is 47.6 Å². The van der Waals surface area contributed by atoms with Crippen molar-refractivity contribution in [3.63, 3.8) is 0 Å². The third kappa shape index (κ3) is 4.71. The lowest BCUT2D eigenvalue weighted by atomic mass is 9.97. The molecular weight excluding hydrogens is 350 g/mol. The summed E-state index contributed by atoms with van der Waals surface area (Å²) < 4.78 is 10.6. The zero-order valence-corrected chi connectivity index (χ0v) is 16.4.